The third-order valence-electron chi connectivity index (χ3n) is 2.82. The van der Waals surface area contributed by atoms with E-state index in [1.165, 1.54) is 5.19 Å². The highest BCUT2D eigenvalue weighted by molar-refractivity contribution is 6.91. The summed E-state index contributed by atoms with van der Waals surface area (Å²) in [7, 11) is -1.72. The molecule has 0 heterocycles. The van der Waals surface area contributed by atoms with E-state index in [0.29, 0.717) is 12.7 Å². The monoisotopic (exact) mass is 248 g/mol. The van der Waals surface area contributed by atoms with Gasteiger partial charge >= 0.3 is 5.97 Å². The molecule has 0 saturated heterocycles. The van der Waals surface area contributed by atoms with E-state index in [-0.39, 0.29) is 5.97 Å². The second-order valence-corrected chi connectivity index (χ2v) is 9.39. The van der Waals surface area contributed by atoms with Crippen molar-refractivity contribution in [2.45, 2.75) is 26.1 Å². The summed E-state index contributed by atoms with van der Waals surface area (Å²) in [6, 6.07) is 8.82. The Morgan fingerprint density at radius 3 is 2.41 bits per heavy atom. The van der Waals surface area contributed by atoms with Crippen molar-refractivity contribution in [2.75, 3.05) is 6.61 Å². The van der Waals surface area contributed by atoms with Gasteiger partial charge in [-0.1, -0.05) is 55.2 Å². The van der Waals surface area contributed by atoms with Gasteiger partial charge in [-0.2, -0.15) is 0 Å². The number of hydrogen-bond acceptors (Lipinski definition) is 2. The van der Waals surface area contributed by atoms with Crippen LogP contribution in [0.1, 0.15) is 12.5 Å². The van der Waals surface area contributed by atoms with E-state index >= 15 is 0 Å². The molecule has 0 unspecified atom stereocenters. The van der Waals surface area contributed by atoms with Gasteiger partial charge in [0.2, 0.25) is 0 Å². The first-order chi connectivity index (χ1) is 7.99. The molecule has 0 amide bonds. The molecule has 0 N–H and O–H groups in total. The maximum absolute atomic E-state index is 11.6. The minimum absolute atomic E-state index is 0.0861. The van der Waals surface area contributed by atoms with E-state index in [9.17, 15) is 4.79 Å². The predicted octanol–water partition coefficient (Wildman–Crippen LogP) is 2.81. The fourth-order valence-corrected chi connectivity index (χ4v) is 3.84. The molecule has 3 heteroatoms. The molecule has 0 saturated carbocycles. The van der Waals surface area contributed by atoms with Gasteiger partial charge in [-0.3, -0.25) is 4.79 Å². The minimum atomic E-state index is -1.72. The highest BCUT2D eigenvalue weighted by Gasteiger charge is 2.27. The van der Waals surface area contributed by atoms with Gasteiger partial charge in [-0.05, 0) is 12.5 Å². The molecule has 0 atom stereocenters. The van der Waals surface area contributed by atoms with Gasteiger partial charge in [-0.15, -0.1) is 0 Å². The van der Waals surface area contributed by atoms with Gasteiger partial charge in [0.25, 0.3) is 0 Å². The SMILES string of the molecule is C=Cc1ccc([Si](C)(C)CC(=O)OCC)cc1. The largest absolute Gasteiger partial charge is 0.466 e. The second-order valence-electron chi connectivity index (χ2n) is 4.69. The predicted molar refractivity (Wildman–Crippen MR) is 75.1 cm³/mol. The molecule has 0 spiro atoms. The number of ether oxygens (including phenoxy) is 1. The first-order valence-electron chi connectivity index (χ1n) is 5.88. The third kappa shape index (κ3) is 3.86. The summed E-state index contributed by atoms with van der Waals surface area (Å²) >= 11 is 0. The van der Waals surface area contributed by atoms with Crippen molar-refractivity contribution >= 4 is 25.3 Å². The summed E-state index contributed by atoms with van der Waals surface area (Å²) in [6.45, 7) is 10.4. The smallest absolute Gasteiger partial charge is 0.303 e. The minimum Gasteiger partial charge on any atom is -0.466 e. The normalized spacial score (nSPS) is 11.0. The molecule has 0 aromatic heterocycles. The van der Waals surface area contributed by atoms with E-state index in [0.717, 1.165) is 5.56 Å². The van der Waals surface area contributed by atoms with Crippen LogP contribution in [0.3, 0.4) is 0 Å². The van der Waals surface area contributed by atoms with Crippen LogP contribution >= 0.6 is 0 Å². The van der Waals surface area contributed by atoms with Gasteiger partial charge in [-0.25, -0.2) is 0 Å². The number of esters is 1. The lowest BCUT2D eigenvalue weighted by atomic mass is 10.2. The highest BCUT2D eigenvalue weighted by Crippen LogP contribution is 2.12. The Balaban J connectivity index is 2.80. The topological polar surface area (TPSA) is 26.3 Å². The van der Waals surface area contributed by atoms with Crippen LogP contribution in [-0.4, -0.2) is 20.7 Å². The molecule has 1 rings (SSSR count). The average molecular weight is 248 g/mol. The van der Waals surface area contributed by atoms with Gasteiger partial charge in [0.1, 0.15) is 0 Å². The van der Waals surface area contributed by atoms with Crippen molar-refractivity contribution in [3.05, 3.63) is 36.4 Å². The van der Waals surface area contributed by atoms with Gasteiger partial charge in [0, 0.05) is 6.04 Å². The van der Waals surface area contributed by atoms with E-state index in [2.05, 4.69) is 31.8 Å². The highest BCUT2D eigenvalue weighted by atomic mass is 28.3. The van der Waals surface area contributed by atoms with E-state index in [1.54, 1.807) is 0 Å². The fourth-order valence-electron chi connectivity index (χ4n) is 1.75. The molecule has 0 radical (unpaired) electrons. The van der Waals surface area contributed by atoms with Crippen molar-refractivity contribution in [1.29, 1.82) is 0 Å². The fraction of sp³-hybridized carbons (Fsp3) is 0.357. The molecular weight excluding hydrogens is 228 g/mol. The maximum Gasteiger partial charge on any atom is 0.303 e. The molecule has 0 aliphatic heterocycles. The number of rotatable bonds is 5. The van der Waals surface area contributed by atoms with Gasteiger partial charge in [0.15, 0.2) is 0 Å². The third-order valence-corrected chi connectivity index (χ3v) is 5.89. The summed E-state index contributed by atoms with van der Waals surface area (Å²) < 4.78 is 5.02. The van der Waals surface area contributed by atoms with Crippen LogP contribution in [0.2, 0.25) is 19.1 Å². The molecular formula is C14H20O2Si. The van der Waals surface area contributed by atoms with Crippen molar-refractivity contribution in [1.82, 2.24) is 0 Å². The quantitative estimate of drug-likeness (QED) is 0.591. The Morgan fingerprint density at radius 1 is 1.35 bits per heavy atom. The molecule has 2 nitrogen and oxygen atoms in total. The van der Waals surface area contributed by atoms with Crippen LogP contribution in [0.4, 0.5) is 0 Å². The number of benzene rings is 1. The Kier molecular flexibility index (Phi) is 4.69. The molecule has 92 valence electrons. The van der Waals surface area contributed by atoms with Gasteiger partial charge in [0.05, 0.1) is 14.7 Å². The van der Waals surface area contributed by atoms with Crippen LogP contribution in [0.15, 0.2) is 30.8 Å². The number of hydrogen-bond donors (Lipinski definition) is 0. The van der Waals surface area contributed by atoms with E-state index in [1.807, 2.05) is 25.1 Å². The summed E-state index contributed by atoms with van der Waals surface area (Å²) in [6.07, 6.45) is 1.82. The standard InChI is InChI=1S/C14H20O2Si/c1-5-12-7-9-13(10-8-12)17(3,4)11-14(15)16-6-2/h5,7-10H,1,6,11H2,2-4H3. The maximum atomic E-state index is 11.6. The first-order valence-corrected chi connectivity index (χ1v) is 9.09. The zero-order valence-electron chi connectivity index (χ0n) is 10.8. The molecule has 17 heavy (non-hydrogen) atoms. The zero-order valence-corrected chi connectivity index (χ0v) is 11.8. The molecule has 0 bridgehead atoms. The Labute approximate surface area is 104 Å². The lowest BCUT2D eigenvalue weighted by Crippen LogP contribution is -2.43. The second kappa shape index (κ2) is 5.82. The van der Waals surface area contributed by atoms with Crippen LogP contribution in [-0.2, 0) is 9.53 Å². The van der Waals surface area contributed by atoms with E-state index in [4.69, 9.17) is 4.74 Å². The van der Waals surface area contributed by atoms with Crippen LogP contribution < -0.4 is 5.19 Å². The number of carbonyl (C=O) groups excluding carboxylic acids is 1. The zero-order chi connectivity index (χ0) is 12.9. The number of carbonyl (C=O) groups is 1. The summed E-state index contributed by atoms with van der Waals surface area (Å²) in [5, 5.41) is 1.27. The molecule has 0 fully saturated rings. The lowest BCUT2D eigenvalue weighted by Gasteiger charge is -2.21. The van der Waals surface area contributed by atoms with Crippen LogP contribution in [0, 0.1) is 0 Å². The summed E-state index contributed by atoms with van der Waals surface area (Å²) in [4.78, 5) is 11.6. The van der Waals surface area contributed by atoms with E-state index < -0.39 is 8.07 Å². The van der Waals surface area contributed by atoms with Crippen LogP contribution in [0.5, 0.6) is 0 Å². The van der Waals surface area contributed by atoms with Crippen LogP contribution in [0.25, 0.3) is 6.08 Å². The summed E-state index contributed by atoms with van der Waals surface area (Å²) in [5.41, 5.74) is 1.11. The first kappa shape index (κ1) is 13.7. The molecule has 1 aromatic rings. The molecule has 1 aromatic carbocycles. The molecule has 0 aliphatic rings. The summed E-state index contributed by atoms with van der Waals surface area (Å²) in [5.74, 6) is -0.0861. The van der Waals surface area contributed by atoms with Crippen molar-refractivity contribution in [3.63, 3.8) is 0 Å². The van der Waals surface area contributed by atoms with Crippen molar-refractivity contribution < 1.29 is 9.53 Å². The Bertz CT molecular complexity index is 393. The van der Waals surface area contributed by atoms with Gasteiger partial charge < -0.3 is 4.74 Å². The Morgan fingerprint density at radius 2 is 1.94 bits per heavy atom. The van der Waals surface area contributed by atoms with Crippen molar-refractivity contribution in [2.24, 2.45) is 0 Å². The lowest BCUT2D eigenvalue weighted by molar-refractivity contribution is -0.140. The Hall–Kier alpha value is -1.35. The average Bonchev–Trinajstić information content (AvgIpc) is 2.28. The van der Waals surface area contributed by atoms with Crippen molar-refractivity contribution in [3.8, 4) is 0 Å². The molecule has 0 aliphatic carbocycles.